The van der Waals surface area contributed by atoms with Gasteiger partial charge < -0.3 is 0 Å². The molecule has 3 rings (SSSR count). The molecule has 1 aromatic carbocycles. The number of aromatic nitrogens is 2. The Morgan fingerprint density at radius 3 is 2.33 bits per heavy atom. The van der Waals surface area contributed by atoms with Gasteiger partial charge in [-0.3, -0.25) is 5.10 Å². The van der Waals surface area contributed by atoms with Gasteiger partial charge in [-0.25, -0.2) is 16.8 Å². The van der Waals surface area contributed by atoms with E-state index in [1.54, 1.807) is 6.20 Å². The van der Waals surface area contributed by atoms with Crippen LogP contribution in [0.25, 0.3) is 0 Å². The molecule has 1 N–H and O–H groups in total. The first-order chi connectivity index (χ1) is 11.3. The van der Waals surface area contributed by atoms with Crippen molar-refractivity contribution in [2.45, 2.75) is 28.6 Å². The van der Waals surface area contributed by atoms with E-state index in [0.717, 1.165) is 24.8 Å². The summed E-state index contributed by atoms with van der Waals surface area (Å²) in [6, 6.07) is 7.23. The maximum Gasteiger partial charge on any atom is 0.243 e. The highest BCUT2D eigenvalue weighted by Crippen LogP contribution is 2.29. The molecule has 0 unspecified atom stereocenters. The topological polar surface area (TPSA) is 100 Å². The van der Waals surface area contributed by atoms with Crippen molar-refractivity contribution in [3.63, 3.8) is 0 Å². The summed E-state index contributed by atoms with van der Waals surface area (Å²) in [5, 5.41) is 6.83. The summed E-state index contributed by atoms with van der Waals surface area (Å²) in [6.07, 6.45) is 4.42. The Morgan fingerprint density at radius 1 is 1.08 bits per heavy atom. The lowest BCUT2D eigenvalue weighted by molar-refractivity contribution is 0.312. The maximum absolute atomic E-state index is 12.8. The van der Waals surface area contributed by atoms with Crippen LogP contribution in [-0.4, -0.2) is 50.7 Å². The van der Waals surface area contributed by atoms with Crippen LogP contribution in [0.4, 0.5) is 0 Å². The van der Waals surface area contributed by atoms with E-state index in [-0.39, 0.29) is 15.7 Å². The number of H-pyrrole nitrogens is 1. The molecule has 0 saturated carbocycles. The number of nitrogens with one attached hydrogen (secondary N) is 1. The first kappa shape index (κ1) is 17.1. The number of rotatable bonds is 4. The Morgan fingerprint density at radius 2 is 1.75 bits per heavy atom. The highest BCUT2D eigenvalue weighted by Gasteiger charge is 2.31. The van der Waals surface area contributed by atoms with Gasteiger partial charge >= 0.3 is 0 Å². The highest BCUT2D eigenvalue weighted by molar-refractivity contribution is 7.90. The smallest absolute Gasteiger partial charge is 0.243 e. The Hall–Kier alpha value is -1.71. The minimum Gasteiger partial charge on any atom is -0.282 e. The molecule has 1 aromatic heterocycles. The molecule has 9 heteroatoms. The molecule has 1 aliphatic heterocycles. The van der Waals surface area contributed by atoms with Gasteiger partial charge in [0.15, 0.2) is 9.84 Å². The van der Waals surface area contributed by atoms with E-state index in [1.165, 1.54) is 28.6 Å². The number of sulfonamides is 1. The molecule has 2 aromatic rings. The predicted octanol–water partition coefficient (Wildman–Crippen LogP) is 1.38. The second-order valence-corrected chi connectivity index (χ2v) is 9.91. The van der Waals surface area contributed by atoms with Gasteiger partial charge in [-0.2, -0.15) is 9.40 Å². The summed E-state index contributed by atoms with van der Waals surface area (Å²) in [5.74, 6) is 0.0892. The summed E-state index contributed by atoms with van der Waals surface area (Å²) in [5.41, 5.74) is 0.933. The molecule has 7 nitrogen and oxygen atoms in total. The quantitative estimate of drug-likeness (QED) is 0.877. The predicted molar refractivity (Wildman–Crippen MR) is 88.9 cm³/mol. The molecule has 1 atom stereocenters. The van der Waals surface area contributed by atoms with Gasteiger partial charge in [0.1, 0.15) is 0 Å². The first-order valence-corrected chi connectivity index (χ1v) is 10.9. The first-order valence-electron chi connectivity index (χ1n) is 7.58. The van der Waals surface area contributed by atoms with Crippen LogP contribution in [-0.2, 0) is 19.9 Å². The van der Waals surface area contributed by atoms with Crippen LogP contribution >= 0.6 is 0 Å². The average molecular weight is 369 g/mol. The third-order valence-electron chi connectivity index (χ3n) is 4.24. The molecule has 0 spiro atoms. The highest BCUT2D eigenvalue weighted by atomic mass is 32.2. The molecule has 24 heavy (non-hydrogen) atoms. The van der Waals surface area contributed by atoms with Gasteiger partial charge in [-0.15, -0.1) is 0 Å². The Labute approximate surface area is 141 Å². The van der Waals surface area contributed by atoms with Crippen LogP contribution in [0.15, 0.2) is 46.3 Å². The van der Waals surface area contributed by atoms with Crippen LogP contribution in [0.1, 0.15) is 24.5 Å². The zero-order chi connectivity index (χ0) is 17.4. The molecule has 0 radical (unpaired) electrons. The van der Waals surface area contributed by atoms with Gasteiger partial charge in [0.25, 0.3) is 0 Å². The summed E-state index contributed by atoms with van der Waals surface area (Å²) in [6.45, 7) is 0.846. The van der Waals surface area contributed by atoms with Crippen LogP contribution in [0, 0.1) is 0 Å². The number of sulfone groups is 1. The molecule has 0 aliphatic carbocycles. The van der Waals surface area contributed by atoms with Gasteiger partial charge in [0.2, 0.25) is 10.0 Å². The largest absolute Gasteiger partial charge is 0.282 e. The van der Waals surface area contributed by atoms with Crippen molar-refractivity contribution in [3.05, 3.63) is 42.2 Å². The van der Waals surface area contributed by atoms with Crippen molar-refractivity contribution in [1.82, 2.24) is 14.5 Å². The fourth-order valence-electron chi connectivity index (χ4n) is 2.92. The molecule has 1 aliphatic rings. The third kappa shape index (κ3) is 3.38. The number of benzene rings is 1. The lowest BCUT2D eigenvalue weighted by atomic mass is 9.96. The maximum atomic E-state index is 12.8. The van der Waals surface area contributed by atoms with Crippen LogP contribution < -0.4 is 0 Å². The van der Waals surface area contributed by atoms with Gasteiger partial charge in [0, 0.05) is 37.2 Å². The molecule has 1 fully saturated rings. The lowest BCUT2D eigenvalue weighted by Crippen LogP contribution is -2.39. The van der Waals surface area contributed by atoms with E-state index in [4.69, 9.17) is 0 Å². The monoisotopic (exact) mass is 369 g/mol. The summed E-state index contributed by atoms with van der Waals surface area (Å²) in [7, 11) is -6.99. The minimum absolute atomic E-state index is 0.0892. The summed E-state index contributed by atoms with van der Waals surface area (Å²) < 4.78 is 50.1. The average Bonchev–Trinajstić information content (AvgIpc) is 3.09. The summed E-state index contributed by atoms with van der Waals surface area (Å²) in [4.78, 5) is 0.218. The standard InChI is InChI=1S/C15H19N3O4S2/c1-23(19,20)13-4-6-14(7-5-13)24(21,22)18-10-2-3-12(11-18)15-8-9-16-17-15/h4-9,12H,2-3,10-11H2,1H3,(H,16,17)/t12-/m1/s1. The SMILES string of the molecule is CS(=O)(=O)c1ccc(S(=O)(=O)N2CCC[C@@H](c3ccn[nH]3)C2)cc1. The van der Waals surface area contributed by atoms with E-state index in [9.17, 15) is 16.8 Å². The van der Waals surface area contributed by atoms with Gasteiger partial charge in [-0.1, -0.05) is 0 Å². The number of hydrogen-bond donors (Lipinski definition) is 1. The number of nitrogens with zero attached hydrogens (tertiary/aromatic N) is 2. The number of aromatic amines is 1. The Kier molecular flexibility index (Phi) is 4.50. The van der Waals surface area contributed by atoms with E-state index in [0.29, 0.717) is 13.1 Å². The molecule has 130 valence electrons. The van der Waals surface area contributed by atoms with Crippen LogP contribution in [0.5, 0.6) is 0 Å². The van der Waals surface area contributed by atoms with Crippen molar-refractivity contribution < 1.29 is 16.8 Å². The van der Waals surface area contributed by atoms with Crippen LogP contribution in [0.3, 0.4) is 0 Å². The van der Waals surface area contributed by atoms with Crippen molar-refractivity contribution >= 4 is 19.9 Å². The molecular weight excluding hydrogens is 350 g/mol. The third-order valence-corrected chi connectivity index (χ3v) is 7.24. The zero-order valence-electron chi connectivity index (χ0n) is 13.2. The fourth-order valence-corrected chi connectivity index (χ4v) is 5.07. The Balaban J connectivity index is 1.84. The molecule has 1 saturated heterocycles. The van der Waals surface area contributed by atoms with E-state index >= 15 is 0 Å². The van der Waals surface area contributed by atoms with Gasteiger partial charge in [0.05, 0.1) is 9.79 Å². The van der Waals surface area contributed by atoms with Crippen molar-refractivity contribution in [1.29, 1.82) is 0 Å². The fraction of sp³-hybridized carbons (Fsp3) is 0.400. The van der Waals surface area contributed by atoms with Gasteiger partial charge in [-0.05, 0) is 43.2 Å². The zero-order valence-corrected chi connectivity index (χ0v) is 14.8. The number of piperidine rings is 1. The number of hydrogen-bond acceptors (Lipinski definition) is 5. The van der Waals surface area contributed by atoms with E-state index < -0.39 is 19.9 Å². The van der Waals surface area contributed by atoms with E-state index in [2.05, 4.69) is 10.2 Å². The van der Waals surface area contributed by atoms with E-state index in [1.807, 2.05) is 6.07 Å². The van der Waals surface area contributed by atoms with Crippen LogP contribution in [0.2, 0.25) is 0 Å². The molecule has 0 bridgehead atoms. The summed E-state index contributed by atoms with van der Waals surface area (Å²) >= 11 is 0. The minimum atomic E-state index is -3.64. The lowest BCUT2D eigenvalue weighted by Gasteiger charge is -2.31. The normalized spacial score (nSPS) is 20.1. The molecular formula is C15H19N3O4S2. The van der Waals surface area contributed by atoms with Crippen molar-refractivity contribution in [3.8, 4) is 0 Å². The molecule has 0 amide bonds. The second-order valence-electron chi connectivity index (χ2n) is 5.96. The molecule has 2 heterocycles. The van der Waals surface area contributed by atoms with Crippen molar-refractivity contribution in [2.75, 3.05) is 19.3 Å². The Bertz CT molecular complexity index is 904. The second kappa shape index (κ2) is 6.30. The van der Waals surface area contributed by atoms with Crippen molar-refractivity contribution in [2.24, 2.45) is 0 Å².